The van der Waals surface area contributed by atoms with Crippen LogP contribution < -0.4 is 4.74 Å². The molecule has 0 bridgehead atoms. The van der Waals surface area contributed by atoms with Gasteiger partial charge in [0.1, 0.15) is 5.75 Å². The summed E-state index contributed by atoms with van der Waals surface area (Å²) >= 11 is 0. The van der Waals surface area contributed by atoms with E-state index in [1.54, 1.807) is 7.11 Å². The zero-order chi connectivity index (χ0) is 13.1. The Bertz CT molecular complexity index is 336. The van der Waals surface area contributed by atoms with Crippen molar-refractivity contribution in [3.63, 3.8) is 0 Å². The standard InChI is InChI=1S/C14H24O2Si/c1-11(2)17(15,12(3)4)10-13-6-8-14(16-5)9-7-13/h6-9,11-12,15H,10H2,1-5H3. The average molecular weight is 252 g/mol. The largest absolute Gasteiger partial charge is 0.497 e. The van der Waals surface area contributed by atoms with Gasteiger partial charge in [-0.05, 0) is 34.8 Å². The Morgan fingerprint density at radius 1 is 1.06 bits per heavy atom. The molecule has 1 N–H and O–H groups in total. The number of rotatable bonds is 5. The molecule has 0 unspecified atom stereocenters. The van der Waals surface area contributed by atoms with E-state index in [9.17, 15) is 4.80 Å². The quantitative estimate of drug-likeness (QED) is 0.812. The third kappa shape index (κ3) is 3.33. The molecule has 0 aliphatic rings. The van der Waals surface area contributed by atoms with Crippen molar-refractivity contribution in [2.24, 2.45) is 0 Å². The minimum Gasteiger partial charge on any atom is -0.497 e. The molecule has 0 radical (unpaired) electrons. The van der Waals surface area contributed by atoms with Crippen LogP contribution in [0.2, 0.25) is 11.1 Å². The monoisotopic (exact) mass is 252 g/mol. The summed E-state index contributed by atoms with van der Waals surface area (Å²) in [5.74, 6) is 0.869. The normalized spacial score (nSPS) is 12.2. The lowest BCUT2D eigenvalue weighted by Gasteiger charge is -2.33. The van der Waals surface area contributed by atoms with Crippen molar-refractivity contribution in [2.45, 2.75) is 44.8 Å². The maximum Gasteiger partial charge on any atom is 0.197 e. The molecule has 1 aromatic carbocycles. The summed E-state index contributed by atoms with van der Waals surface area (Å²) in [6.45, 7) is 8.54. The van der Waals surface area contributed by atoms with Gasteiger partial charge >= 0.3 is 0 Å². The van der Waals surface area contributed by atoms with E-state index in [0.29, 0.717) is 11.1 Å². The van der Waals surface area contributed by atoms with Gasteiger partial charge in [0.2, 0.25) is 0 Å². The van der Waals surface area contributed by atoms with Gasteiger partial charge in [0.15, 0.2) is 8.32 Å². The van der Waals surface area contributed by atoms with Crippen molar-refractivity contribution >= 4 is 8.32 Å². The highest BCUT2D eigenvalue weighted by molar-refractivity contribution is 6.74. The second kappa shape index (κ2) is 5.69. The molecule has 0 aromatic heterocycles. The topological polar surface area (TPSA) is 29.5 Å². The van der Waals surface area contributed by atoms with Crippen molar-refractivity contribution in [3.05, 3.63) is 29.8 Å². The van der Waals surface area contributed by atoms with Gasteiger partial charge in [-0.25, -0.2) is 0 Å². The van der Waals surface area contributed by atoms with E-state index in [1.807, 2.05) is 12.1 Å². The highest BCUT2D eigenvalue weighted by atomic mass is 28.4. The first-order chi connectivity index (χ1) is 7.90. The second-order valence-corrected chi connectivity index (χ2v) is 9.97. The molecule has 1 aromatic rings. The zero-order valence-electron chi connectivity index (χ0n) is 11.5. The van der Waals surface area contributed by atoms with Gasteiger partial charge in [-0.1, -0.05) is 39.8 Å². The first-order valence-electron chi connectivity index (χ1n) is 6.25. The Labute approximate surface area is 106 Å². The molecule has 96 valence electrons. The molecule has 0 fully saturated rings. The van der Waals surface area contributed by atoms with Gasteiger partial charge in [-0.2, -0.15) is 0 Å². The van der Waals surface area contributed by atoms with Gasteiger partial charge in [0.05, 0.1) is 7.11 Å². The maximum atomic E-state index is 10.9. The van der Waals surface area contributed by atoms with E-state index in [-0.39, 0.29) is 0 Å². The fourth-order valence-corrected chi connectivity index (χ4v) is 5.18. The minimum absolute atomic E-state index is 0.379. The summed E-state index contributed by atoms with van der Waals surface area (Å²) in [5, 5.41) is 0. The summed E-state index contributed by atoms with van der Waals surface area (Å²) < 4.78 is 5.14. The molecular formula is C14H24O2Si. The van der Waals surface area contributed by atoms with Crippen LogP contribution in [0.5, 0.6) is 5.75 Å². The predicted octanol–water partition coefficient (Wildman–Crippen LogP) is 3.53. The first-order valence-corrected chi connectivity index (χ1v) is 8.56. The van der Waals surface area contributed by atoms with E-state index < -0.39 is 8.32 Å². The van der Waals surface area contributed by atoms with Crippen LogP contribution in [0.25, 0.3) is 0 Å². The third-order valence-electron chi connectivity index (χ3n) is 3.65. The summed E-state index contributed by atoms with van der Waals surface area (Å²) in [6, 6.07) is 8.87. The average Bonchev–Trinajstić information content (AvgIpc) is 2.29. The van der Waals surface area contributed by atoms with Crippen LogP contribution in [-0.4, -0.2) is 20.2 Å². The van der Waals surface area contributed by atoms with E-state index in [0.717, 1.165) is 11.8 Å². The van der Waals surface area contributed by atoms with Crippen molar-refractivity contribution in [3.8, 4) is 5.75 Å². The molecule has 2 nitrogen and oxygen atoms in total. The van der Waals surface area contributed by atoms with Gasteiger partial charge in [0.25, 0.3) is 0 Å². The molecule has 0 spiro atoms. The molecule has 17 heavy (non-hydrogen) atoms. The Kier molecular flexibility index (Phi) is 4.77. The molecule has 0 saturated carbocycles. The van der Waals surface area contributed by atoms with E-state index in [1.165, 1.54) is 5.56 Å². The lowest BCUT2D eigenvalue weighted by molar-refractivity contribution is 0.414. The van der Waals surface area contributed by atoms with Gasteiger partial charge in [-0.3, -0.25) is 0 Å². The fourth-order valence-electron chi connectivity index (χ4n) is 2.15. The summed E-state index contributed by atoms with van der Waals surface area (Å²) in [6.07, 6.45) is 0. The van der Waals surface area contributed by atoms with Crippen LogP contribution in [-0.2, 0) is 6.04 Å². The van der Waals surface area contributed by atoms with Crippen molar-refractivity contribution < 1.29 is 9.53 Å². The molecule has 0 aliphatic heterocycles. The van der Waals surface area contributed by atoms with E-state index in [2.05, 4.69) is 39.8 Å². The first kappa shape index (κ1) is 14.3. The number of benzene rings is 1. The van der Waals surface area contributed by atoms with Crippen LogP contribution in [0.15, 0.2) is 24.3 Å². The summed E-state index contributed by atoms with van der Waals surface area (Å²) in [7, 11) is -0.544. The van der Waals surface area contributed by atoms with E-state index in [4.69, 9.17) is 4.74 Å². The molecule has 3 heteroatoms. The fraction of sp³-hybridized carbons (Fsp3) is 0.571. The van der Waals surface area contributed by atoms with Crippen LogP contribution in [0.1, 0.15) is 33.3 Å². The molecule has 0 aliphatic carbocycles. The van der Waals surface area contributed by atoms with Crippen molar-refractivity contribution in [2.75, 3.05) is 7.11 Å². The van der Waals surface area contributed by atoms with Crippen molar-refractivity contribution in [1.82, 2.24) is 0 Å². The van der Waals surface area contributed by atoms with Crippen LogP contribution in [0, 0.1) is 0 Å². The number of methoxy groups -OCH3 is 1. The Hall–Kier alpha value is -0.803. The SMILES string of the molecule is COc1ccc(C[Si](O)(C(C)C)C(C)C)cc1. The molecule has 0 saturated heterocycles. The molecule has 1 rings (SSSR count). The highest BCUT2D eigenvalue weighted by Gasteiger charge is 2.38. The van der Waals surface area contributed by atoms with Gasteiger partial charge in [-0.15, -0.1) is 0 Å². The summed E-state index contributed by atoms with van der Waals surface area (Å²) in [5.41, 5.74) is 1.97. The number of ether oxygens (including phenoxy) is 1. The van der Waals surface area contributed by atoms with Crippen LogP contribution in [0.4, 0.5) is 0 Å². The van der Waals surface area contributed by atoms with E-state index >= 15 is 0 Å². The lowest BCUT2D eigenvalue weighted by atomic mass is 10.2. The second-order valence-electron chi connectivity index (χ2n) is 5.33. The molecule has 0 heterocycles. The number of hydrogen-bond donors (Lipinski definition) is 1. The maximum absolute atomic E-state index is 10.9. The summed E-state index contributed by atoms with van der Waals surface area (Å²) in [4.78, 5) is 10.9. The minimum atomic E-state index is -2.21. The van der Waals surface area contributed by atoms with Gasteiger partial charge < -0.3 is 9.53 Å². The van der Waals surface area contributed by atoms with Gasteiger partial charge in [0, 0.05) is 0 Å². The molecule has 0 atom stereocenters. The smallest absolute Gasteiger partial charge is 0.197 e. The Balaban J connectivity index is 2.86. The number of hydrogen-bond acceptors (Lipinski definition) is 2. The predicted molar refractivity (Wildman–Crippen MR) is 74.9 cm³/mol. The van der Waals surface area contributed by atoms with Crippen LogP contribution >= 0.6 is 0 Å². The lowest BCUT2D eigenvalue weighted by Crippen LogP contribution is -2.44. The Morgan fingerprint density at radius 2 is 1.53 bits per heavy atom. The van der Waals surface area contributed by atoms with Crippen LogP contribution in [0.3, 0.4) is 0 Å². The molecular weight excluding hydrogens is 228 g/mol. The zero-order valence-corrected chi connectivity index (χ0v) is 12.5. The van der Waals surface area contributed by atoms with Crippen molar-refractivity contribution in [1.29, 1.82) is 0 Å². The molecule has 0 amide bonds. The Morgan fingerprint density at radius 3 is 1.88 bits per heavy atom. The third-order valence-corrected chi connectivity index (χ3v) is 8.62. The highest BCUT2D eigenvalue weighted by Crippen LogP contribution is 2.32.